The van der Waals surface area contributed by atoms with Crippen molar-refractivity contribution in [3.63, 3.8) is 0 Å². The summed E-state index contributed by atoms with van der Waals surface area (Å²) < 4.78 is 25.4. The lowest BCUT2D eigenvalue weighted by molar-refractivity contribution is 0.0942. The van der Waals surface area contributed by atoms with Crippen molar-refractivity contribution in [2.45, 2.75) is 25.9 Å². The van der Waals surface area contributed by atoms with Crippen LogP contribution in [0.25, 0.3) is 0 Å². The predicted molar refractivity (Wildman–Crippen MR) is 94.1 cm³/mol. The summed E-state index contributed by atoms with van der Waals surface area (Å²) in [6.07, 6.45) is 0.821. The van der Waals surface area contributed by atoms with Gasteiger partial charge in [-0.25, -0.2) is 4.39 Å². The minimum absolute atomic E-state index is 0.0786. The number of benzene rings is 2. The molecule has 1 aliphatic rings. The van der Waals surface area contributed by atoms with Crippen LogP contribution in [0.3, 0.4) is 0 Å². The van der Waals surface area contributed by atoms with Gasteiger partial charge in [0.15, 0.2) is 11.5 Å². The fraction of sp³-hybridized carbons (Fsp3) is 0.316. The molecular weight excluding hydrogens is 345 g/mol. The number of hydrogen-bond acceptors (Lipinski definition) is 3. The Balaban J connectivity index is 1.57. The quantitative estimate of drug-likeness (QED) is 0.817. The Hall–Kier alpha value is -2.27. The molecule has 6 heteroatoms. The van der Waals surface area contributed by atoms with Crippen LogP contribution in [0.2, 0.25) is 5.02 Å². The summed E-state index contributed by atoms with van der Waals surface area (Å²) in [6.45, 7) is 4.50. The maximum absolute atomic E-state index is 13.7. The lowest BCUT2D eigenvalue weighted by Crippen LogP contribution is -2.29. The van der Waals surface area contributed by atoms with Crippen molar-refractivity contribution in [1.29, 1.82) is 0 Å². The van der Waals surface area contributed by atoms with Crippen LogP contribution in [0.4, 0.5) is 4.39 Å². The number of carbonyl (C=O) groups excluding carboxylic acids is 1. The van der Waals surface area contributed by atoms with Gasteiger partial charge in [0.2, 0.25) is 0 Å². The van der Waals surface area contributed by atoms with E-state index < -0.39 is 11.7 Å². The summed E-state index contributed by atoms with van der Waals surface area (Å²) in [6, 6.07) is 9.88. The second kappa shape index (κ2) is 6.92. The van der Waals surface area contributed by atoms with Crippen molar-refractivity contribution in [2.24, 2.45) is 0 Å². The normalized spacial score (nSPS) is 14.6. The van der Waals surface area contributed by atoms with Gasteiger partial charge in [0, 0.05) is 12.0 Å². The first-order chi connectivity index (χ1) is 11.9. The molecule has 0 saturated heterocycles. The van der Waals surface area contributed by atoms with Gasteiger partial charge >= 0.3 is 0 Å². The van der Waals surface area contributed by atoms with Crippen molar-refractivity contribution in [2.75, 3.05) is 13.2 Å². The van der Waals surface area contributed by atoms with E-state index in [0.29, 0.717) is 5.75 Å². The number of carbonyl (C=O) groups is 1. The summed E-state index contributed by atoms with van der Waals surface area (Å²) in [4.78, 5) is 12.1. The molecule has 0 aromatic heterocycles. The monoisotopic (exact) mass is 363 g/mol. The first-order valence-electron chi connectivity index (χ1n) is 8.03. The fourth-order valence-electron chi connectivity index (χ4n) is 2.83. The van der Waals surface area contributed by atoms with E-state index in [1.807, 2.05) is 32.0 Å². The predicted octanol–water partition coefficient (Wildman–Crippen LogP) is 4.00. The molecule has 3 rings (SSSR count). The highest BCUT2D eigenvalue weighted by molar-refractivity contribution is 6.33. The van der Waals surface area contributed by atoms with Crippen LogP contribution in [0.15, 0.2) is 36.4 Å². The fourth-order valence-corrected chi connectivity index (χ4v) is 3.08. The van der Waals surface area contributed by atoms with Gasteiger partial charge in [0.05, 0.1) is 17.1 Å². The molecule has 1 N–H and O–H groups in total. The van der Waals surface area contributed by atoms with Gasteiger partial charge in [-0.05, 0) is 32.0 Å². The SMILES string of the molecule is CC1(C)Cc2cccc(OCCNC(=O)c3c(F)cccc3Cl)c2O1. The zero-order valence-corrected chi connectivity index (χ0v) is 14.8. The molecule has 0 spiro atoms. The molecule has 0 unspecified atom stereocenters. The Labute approximate surface area is 150 Å². The minimum Gasteiger partial charge on any atom is -0.488 e. The van der Waals surface area contributed by atoms with E-state index in [-0.39, 0.29) is 29.3 Å². The van der Waals surface area contributed by atoms with Gasteiger partial charge in [0.25, 0.3) is 5.91 Å². The molecule has 1 aliphatic heterocycles. The molecule has 1 amide bonds. The Morgan fingerprint density at radius 1 is 1.32 bits per heavy atom. The molecule has 1 heterocycles. The van der Waals surface area contributed by atoms with E-state index in [4.69, 9.17) is 21.1 Å². The number of nitrogens with one attached hydrogen (secondary N) is 1. The first kappa shape index (κ1) is 17.5. The molecule has 0 saturated carbocycles. The summed E-state index contributed by atoms with van der Waals surface area (Å²) in [5, 5.41) is 2.68. The molecule has 0 aliphatic carbocycles. The number of ether oxygens (including phenoxy) is 2. The average Bonchev–Trinajstić information content (AvgIpc) is 2.86. The molecule has 132 valence electrons. The Morgan fingerprint density at radius 3 is 2.84 bits per heavy atom. The third kappa shape index (κ3) is 3.87. The summed E-state index contributed by atoms with van der Waals surface area (Å²) >= 11 is 5.88. The van der Waals surface area contributed by atoms with Gasteiger partial charge in [-0.2, -0.15) is 0 Å². The summed E-state index contributed by atoms with van der Waals surface area (Å²) in [5.74, 6) is 0.169. The van der Waals surface area contributed by atoms with Gasteiger partial charge in [0.1, 0.15) is 18.0 Å². The first-order valence-corrected chi connectivity index (χ1v) is 8.41. The number of para-hydroxylation sites is 1. The highest BCUT2D eigenvalue weighted by atomic mass is 35.5. The number of fused-ring (bicyclic) bond motifs is 1. The number of halogens is 2. The molecule has 2 aromatic rings. The van der Waals surface area contributed by atoms with Crippen LogP contribution in [0.5, 0.6) is 11.5 Å². The maximum atomic E-state index is 13.7. The zero-order chi connectivity index (χ0) is 18.0. The molecule has 0 bridgehead atoms. The zero-order valence-electron chi connectivity index (χ0n) is 14.1. The van der Waals surface area contributed by atoms with Crippen molar-refractivity contribution in [3.05, 3.63) is 58.4 Å². The second-order valence-corrected chi connectivity index (χ2v) is 6.89. The highest BCUT2D eigenvalue weighted by Gasteiger charge is 2.32. The number of hydrogen-bond donors (Lipinski definition) is 1. The highest BCUT2D eigenvalue weighted by Crippen LogP contribution is 2.41. The van der Waals surface area contributed by atoms with Crippen molar-refractivity contribution < 1.29 is 18.7 Å². The van der Waals surface area contributed by atoms with Gasteiger partial charge in [-0.15, -0.1) is 0 Å². The standard InChI is InChI=1S/C19H19ClFNO3/c1-19(2)11-12-5-3-8-15(17(12)25-19)24-10-9-22-18(23)16-13(20)6-4-7-14(16)21/h3-8H,9-11H2,1-2H3,(H,22,23). The van der Waals surface area contributed by atoms with Crippen LogP contribution in [0.1, 0.15) is 29.8 Å². The summed E-state index contributed by atoms with van der Waals surface area (Å²) in [5.41, 5.74) is 0.692. The Bertz CT molecular complexity index is 787. The Kier molecular flexibility index (Phi) is 4.86. The van der Waals surface area contributed by atoms with Crippen LogP contribution in [-0.4, -0.2) is 24.7 Å². The average molecular weight is 364 g/mol. The van der Waals surface area contributed by atoms with Crippen molar-refractivity contribution in [3.8, 4) is 11.5 Å². The Morgan fingerprint density at radius 2 is 2.08 bits per heavy atom. The van der Waals surface area contributed by atoms with Gasteiger partial charge < -0.3 is 14.8 Å². The smallest absolute Gasteiger partial charge is 0.255 e. The van der Waals surface area contributed by atoms with E-state index in [1.54, 1.807) is 0 Å². The second-order valence-electron chi connectivity index (χ2n) is 6.48. The topological polar surface area (TPSA) is 47.6 Å². The third-order valence-electron chi connectivity index (χ3n) is 3.89. The lowest BCUT2D eigenvalue weighted by atomic mass is 10.0. The molecule has 4 nitrogen and oxygen atoms in total. The van der Waals surface area contributed by atoms with Crippen LogP contribution in [-0.2, 0) is 6.42 Å². The largest absolute Gasteiger partial charge is 0.488 e. The van der Waals surface area contributed by atoms with Crippen molar-refractivity contribution in [1.82, 2.24) is 5.32 Å². The van der Waals surface area contributed by atoms with E-state index >= 15 is 0 Å². The van der Waals surface area contributed by atoms with E-state index in [9.17, 15) is 9.18 Å². The molecular formula is C19H19ClFNO3. The van der Waals surface area contributed by atoms with Crippen LogP contribution >= 0.6 is 11.6 Å². The van der Waals surface area contributed by atoms with E-state index in [1.165, 1.54) is 18.2 Å². The van der Waals surface area contributed by atoms with Crippen LogP contribution < -0.4 is 14.8 Å². The third-order valence-corrected chi connectivity index (χ3v) is 4.20. The molecule has 0 atom stereocenters. The van der Waals surface area contributed by atoms with Crippen molar-refractivity contribution >= 4 is 17.5 Å². The summed E-state index contributed by atoms with van der Waals surface area (Å²) in [7, 11) is 0. The van der Waals surface area contributed by atoms with E-state index in [2.05, 4.69) is 5.32 Å². The van der Waals surface area contributed by atoms with Gasteiger partial charge in [-0.1, -0.05) is 29.8 Å². The van der Waals surface area contributed by atoms with E-state index in [0.717, 1.165) is 17.7 Å². The molecule has 2 aromatic carbocycles. The lowest BCUT2D eigenvalue weighted by Gasteiger charge is -2.18. The number of amides is 1. The maximum Gasteiger partial charge on any atom is 0.255 e. The molecule has 0 radical (unpaired) electrons. The number of rotatable bonds is 5. The van der Waals surface area contributed by atoms with Gasteiger partial charge in [-0.3, -0.25) is 4.79 Å². The molecule has 0 fully saturated rings. The van der Waals surface area contributed by atoms with Crippen LogP contribution in [0, 0.1) is 5.82 Å². The minimum atomic E-state index is -0.651. The molecule has 25 heavy (non-hydrogen) atoms.